The molecular formula is C10H16ClN3. The quantitative estimate of drug-likeness (QED) is 0.814. The van der Waals surface area contributed by atoms with Gasteiger partial charge >= 0.3 is 0 Å². The van der Waals surface area contributed by atoms with Gasteiger partial charge in [0, 0.05) is 19.0 Å². The highest BCUT2D eigenvalue weighted by Crippen LogP contribution is 2.30. The van der Waals surface area contributed by atoms with Crippen LogP contribution in [-0.4, -0.2) is 22.9 Å². The smallest absolute Gasteiger partial charge is 0.0857 e. The number of nitrogens with zero attached hydrogens (tertiary/aromatic N) is 2. The van der Waals surface area contributed by atoms with Crippen LogP contribution in [-0.2, 0) is 6.54 Å². The highest BCUT2D eigenvalue weighted by molar-refractivity contribution is 6.31. The molecule has 3 nitrogen and oxygen atoms in total. The fourth-order valence-corrected chi connectivity index (χ4v) is 2.29. The first-order chi connectivity index (χ1) is 6.74. The van der Waals surface area contributed by atoms with Gasteiger partial charge in [0.25, 0.3) is 0 Å². The maximum atomic E-state index is 6.26. The highest BCUT2D eigenvalue weighted by atomic mass is 35.5. The molecule has 1 fully saturated rings. The van der Waals surface area contributed by atoms with E-state index in [4.69, 9.17) is 11.6 Å². The summed E-state index contributed by atoms with van der Waals surface area (Å²) in [6, 6.07) is 0. The monoisotopic (exact) mass is 213 g/mol. The van der Waals surface area contributed by atoms with Crippen molar-refractivity contribution in [3.8, 4) is 0 Å². The minimum Gasteiger partial charge on any atom is -0.316 e. The van der Waals surface area contributed by atoms with Crippen LogP contribution in [0.3, 0.4) is 0 Å². The minimum absolute atomic E-state index is 0.508. The van der Waals surface area contributed by atoms with Crippen molar-refractivity contribution in [1.29, 1.82) is 0 Å². The van der Waals surface area contributed by atoms with Crippen LogP contribution < -0.4 is 5.32 Å². The summed E-state index contributed by atoms with van der Waals surface area (Å²) < 4.78 is 1.98. The number of rotatable bonds is 2. The van der Waals surface area contributed by atoms with E-state index in [0.29, 0.717) is 5.92 Å². The molecule has 14 heavy (non-hydrogen) atoms. The predicted molar refractivity (Wildman–Crippen MR) is 57.9 cm³/mol. The molecule has 4 heteroatoms. The van der Waals surface area contributed by atoms with Crippen molar-refractivity contribution in [3.05, 3.63) is 16.4 Å². The second-order valence-corrected chi connectivity index (χ2v) is 4.17. The summed E-state index contributed by atoms with van der Waals surface area (Å²) in [5, 5.41) is 8.75. The summed E-state index contributed by atoms with van der Waals surface area (Å²) in [5.74, 6) is 0.508. The van der Waals surface area contributed by atoms with Gasteiger partial charge in [0.2, 0.25) is 0 Å². The van der Waals surface area contributed by atoms with Gasteiger partial charge in [-0.3, -0.25) is 4.68 Å². The van der Waals surface area contributed by atoms with E-state index in [9.17, 15) is 0 Å². The van der Waals surface area contributed by atoms with Gasteiger partial charge in [-0.15, -0.1) is 0 Å². The first kappa shape index (κ1) is 9.99. The average molecular weight is 214 g/mol. The number of aromatic nitrogens is 2. The number of hydrogen-bond donors (Lipinski definition) is 1. The Labute approximate surface area is 89.4 Å². The lowest BCUT2D eigenvalue weighted by atomic mass is 10.1. The molecule has 1 aliphatic rings. The molecular weight excluding hydrogens is 198 g/mol. The van der Waals surface area contributed by atoms with E-state index in [1.165, 1.54) is 0 Å². The Hall–Kier alpha value is -0.540. The van der Waals surface area contributed by atoms with Gasteiger partial charge in [-0.2, -0.15) is 5.10 Å². The highest BCUT2D eigenvalue weighted by Gasteiger charge is 2.23. The number of aryl methyl sites for hydroxylation is 1. The van der Waals surface area contributed by atoms with E-state index in [-0.39, 0.29) is 0 Å². The second kappa shape index (κ2) is 3.91. The van der Waals surface area contributed by atoms with Gasteiger partial charge in [-0.1, -0.05) is 11.6 Å². The van der Waals surface area contributed by atoms with Crippen molar-refractivity contribution >= 4 is 11.6 Å². The Kier molecular flexibility index (Phi) is 2.79. The molecule has 2 heterocycles. The first-order valence-electron chi connectivity index (χ1n) is 5.17. The van der Waals surface area contributed by atoms with E-state index < -0.39 is 0 Å². The Morgan fingerprint density at radius 1 is 1.64 bits per heavy atom. The van der Waals surface area contributed by atoms with Crippen molar-refractivity contribution < 1.29 is 0 Å². The van der Waals surface area contributed by atoms with Crippen molar-refractivity contribution in [2.45, 2.75) is 32.7 Å². The molecule has 0 bridgehead atoms. The third kappa shape index (κ3) is 1.55. The van der Waals surface area contributed by atoms with Crippen LogP contribution in [0.4, 0.5) is 0 Å². The Morgan fingerprint density at radius 3 is 2.93 bits per heavy atom. The van der Waals surface area contributed by atoms with Crippen LogP contribution in [0.15, 0.2) is 0 Å². The zero-order valence-corrected chi connectivity index (χ0v) is 9.43. The largest absolute Gasteiger partial charge is 0.316 e. The van der Waals surface area contributed by atoms with Gasteiger partial charge in [0.1, 0.15) is 0 Å². The molecule has 1 saturated heterocycles. The lowest BCUT2D eigenvalue weighted by molar-refractivity contribution is 0.611. The molecule has 0 aromatic carbocycles. The second-order valence-electron chi connectivity index (χ2n) is 3.79. The molecule has 0 spiro atoms. The SMILES string of the molecule is CCn1nc(C2CCNC2)c(Cl)c1C. The minimum atomic E-state index is 0.508. The average Bonchev–Trinajstić information content (AvgIpc) is 2.78. The zero-order valence-electron chi connectivity index (χ0n) is 8.68. The lowest BCUT2D eigenvalue weighted by Crippen LogP contribution is -2.09. The Bertz CT molecular complexity index is 326. The van der Waals surface area contributed by atoms with Gasteiger partial charge in [0.05, 0.1) is 16.4 Å². The molecule has 1 aromatic rings. The molecule has 1 atom stereocenters. The third-order valence-corrected chi connectivity index (χ3v) is 3.37. The van der Waals surface area contributed by atoms with Gasteiger partial charge < -0.3 is 5.32 Å². The topological polar surface area (TPSA) is 29.9 Å². The van der Waals surface area contributed by atoms with Crippen LogP contribution in [0.5, 0.6) is 0 Å². The van der Waals surface area contributed by atoms with E-state index >= 15 is 0 Å². The number of halogens is 1. The first-order valence-corrected chi connectivity index (χ1v) is 5.55. The molecule has 1 unspecified atom stereocenters. The van der Waals surface area contributed by atoms with Crippen LogP contribution in [0.2, 0.25) is 5.02 Å². The third-order valence-electron chi connectivity index (χ3n) is 2.90. The predicted octanol–water partition coefficient (Wildman–Crippen LogP) is 1.94. The normalized spacial score (nSPS) is 21.8. The summed E-state index contributed by atoms with van der Waals surface area (Å²) in [6.07, 6.45) is 1.15. The molecule has 0 aliphatic carbocycles. The van der Waals surface area contributed by atoms with Crippen molar-refractivity contribution in [1.82, 2.24) is 15.1 Å². The van der Waals surface area contributed by atoms with Crippen molar-refractivity contribution in [2.24, 2.45) is 0 Å². The zero-order chi connectivity index (χ0) is 10.1. The standard InChI is InChI=1S/C10H16ClN3/c1-3-14-7(2)9(11)10(13-14)8-4-5-12-6-8/h8,12H,3-6H2,1-2H3. The number of nitrogens with one attached hydrogen (secondary N) is 1. The summed E-state index contributed by atoms with van der Waals surface area (Å²) in [5.41, 5.74) is 2.17. The molecule has 0 radical (unpaired) electrons. The van der Waals surface area contributed by atoms with Crippen LogP contribution >= 0.6 is 11.6 Å². The van der Waals surface area contributed by atoms with Crippen LogP contribution in [0.1, 0.15) is 30.7 Å². The van der Waals surface area contributed by atoms with Gasteiger partial charge in [-0.05, 0) is 26.8 Å². The summed E-state index contributed by atoms with van der Waals surface area (Å²) >= 11 is 6.26. The van der Waals surface area contributed by atoms with Gasteiger partial charge in [-0.25, -0.2) is 0 Å². The van der Waals surface area contributed by atoms with E-state index in [1.54, 1.807) is 0 Å². The van der Waals surface area contributed by atoms with E-state index in [2.05, 4.69) is 17.3 Å². The van der Waals surface area contributed by atoms with E-state index in [1.807, 2.05) is 11.6 Å². The molecule has 1 aliphatic heterocycles. The molecule has 0 amide bonds. The van der Waals surface area contributed by atoms with Crippen LogP contribution in [0.25, 0.3) is 0 Å². The van der Waals surface area contributed by atoms with Crippen molar-refractivity contribution in [2.75, 3.05) is 13.1 Å². The Balaban J connectivity index is 2.32. The van der Waals surface area contributed by atoms with Gasteiger partial charge in [0.15, 0.2) is 0 Å². The summed E-state index contributed by atoms with van der Waals surface area (Å²) in [7, 11) is 0. The molecule has 1 N–H and O–H groups in total. The summed E-state index contributed by atoms with van der Waals surface area (Å²) in [6.45, 7) is 7.11. The molecule has 78 valence electrons. The summed E-state index contributed by atoms with van der Waals surface area (Å²) in [4.78, 5) is 0. The fraction of sp³-hybridized carbons (Fsp3) is 0.700. The maximum Gasteiger partial charge on any atom is 0.0857 e. The molecule has 1 aromatic heterocycles. The molecule has 2 rings (SSSR count). The van der Waals surface area contributed by atoms with Crippen LogP contribution in [0, 0.1) is 6.92 Å². The Morgan fingerprint density at radius 2 is 2.43 bits per heavy atom. The van der Waals surface area contributed by atoms with Crippen molar-refractivity contribution in [3.63, 3.8) is 0 Å². The van der Waals surface area contributed by atoms with E-state index in [0.717, 1.165) is 42.5 Å². The lowest BCUT2D eigenvalue weighted by Gasteiger charge is -2.03. The molecule has 0 saturated carbocycles. The fourth-order valence-electron chi connectivity index (χ4n) is 2.00. The number of hydrogen-bond acceptors (Lipinski definition) is 2. The maximum absolute atomic E-state index is 6.26.